The van der Waals surface area contributed by atoms with Gasteiger partial charge in [0.15, 0.2) is 0 Å². The molecule has 1 atom stereocenters. The molecule has 0 saturated carbocycles. The van der Waals surface area contributed by atoms with Gasteiger partial charge in [-0.1, -0.05) is 18.2 Å². The number of thioether (sulfide) groups is 1. The summed E-state index contributed by atoms with van der Waals surface area (Å²) >= 11 is 1.94. The van der Waals surface area contributed by atoms with Gasteiger partial charge < -0.3 is 15.1 Å². The second kappa shape index (κ2) is 7.55. The summed E-state index contributed by atoms with van der Waals surface area (Å²) in [6, 6.07) is 9.96. The lowest BCUT2D eigenvalue weighted by Gasteiger charge is -2.31. The molecular weight excluding hydrogens is 270 g/mol. The fourth-order valence-corrected chi connectivity index (χ4v) is 3.44. The molecular formula is C15H23N3OS. The highest BCUT2D eigenvalue weighted by atomic mass is 32.2. The van der Waals surface area contributed by atoms with Crippen molar-refractivity contribution >= 4 is 23.5 Å². The van der Waals surface area contributed by atoms with E-state index < -0.39 is 0 Å². The van der Waals surface area contributed by atoms with Crippen LogP contribution < -0.4 is 5.32 Å². The third-order valence-corrected chi connectivity index (χ3v) is 4.50. The lowest BCUT2D eigenvalue weighted by molar-refractivity contribution is 0.180. The standard InChI is InChI=1S/C15H23N3OS/c1-17(2)11-14-12-20-10-6-9-18(14)15(19)16-13-7-4-3-5-8-13/h3-5,7-8,14H,6,9-12H2,1-2H3,(H,16,19)/t14-/m1/s1. The number of para-hydroxylation sites is 1. The number of nitrogens with one attached hydrogen (secondary N) is 1. The molecule has 2 amide bonds. The van der Waals surface area contributed by atoms with Crippen molar-refractivity contribution < 1.29 is 4.79 Å². The third-order valence-electron chi connectivity index (χ3n) is 3.30. The smallest absolute Gasteiger partial charge is 0.319 e. The Morgan fingerprint density at radius 2 is 2.15 bits per heavy atom. The first-order valence-corrected chi connectivity index (χ1v) is 8.17. The van der Waals surface area contributed by atoms with E-state index in [1.807, 2.05) is 47.0 Å². The quantitative estimate of drug-likeness (QED) is 0.930. The third kappa shape index (κ3) is 4.42. The Labute approximate surface area is 125 Å². The highest BCUT2D eigenvalue weighted by molar-refractivity contribution is 7.99. The molecule has 0 aliphatic carbocycles. The van der Waals surface area contributed by atoms with E-state index in [4.69, 9.17) is 0 Å². The molecule has 0 bridgehead atoms. The van der Waals surface area contributed by atoms with Crippen molar-refractivity contribution in [2.24, 2.45) is 0 Å². The number of amides is 2. The first-order valence-electron chi connectivity index (χ1n) is 7.02. The van der Waals surface area contributed by atoms with Crippen LogP contribution in [0.1, 0.15) is 6.42 Å². The van der Waals surface area contributed by atoms with Crippen LogP contribution in [-0.4, -0.2) is 60.6 Å². The lowest BCUT2D eigenvalue weighted by atomic mass is 10.2. The van der Waals surface area contributed by atoms with Crippen molar-refractivity contribution in [3.8, 4) is 0 Å². The Kier molecular flexibility index (Phi) is 5.73. The number of anilines is 1. The fraction of sp³-hybridized carbons (Fsp3) is 0.533. The molecule has 4 nitrogen and oxygen atoms in total. The van der Waals surface area contributed by atoms with Crippen LogP contribution in [-0.2, 0) is 0 Å². The van der Waals surface area contributed by atoms with Crippen LogP contribution in [0.2, 0.25) is 0 Å². The van der Waals surface area contributed by atoms with Crippen LogP contribution in [0.15, 0.2) is 30.3 Å². The van der Waals surface area contributed by atoms with Gasteiger partial charge in [0.05, 0.1) is 6.04 Å². The molecule has 0 aromatic heterocycles. The van der Waals surface area contributed by atoms with E-state index in [0.29, 0.717) is 0 Å². The molecule has 1 saturated heterocycles. The van der Waals surface area contributed by atoms with Crippen molar-refractivity contribution in [1.29, 1.82) is 0 Å². The molecule has 1 aromatic carbocycles. The first-order chi connectivity index (χ1) is 9.66. The molecule has 2 rings (SSSR count). The van der Waals surface area contributed by atoms with Gasteiger partial charge in [-0.25, -0.2) is 4.79 Å². The molecule has 110 valence electrons. The summed E-state index contributed by atoms with van der Waals surface area (Å²) in [6.45, 7) is 1.75. The zero-order valence-corrected chi connectivity index (χ0v) is 13.0. The number of urea groups is 1. The number of benzene rings is 1. The Morgan fingerprint density at radius 3 is 2.85 bits per heavy atom. The van der Waals surface area contributed by atoms with Crippen molar-refractivity contribution in [2.75, 3.05) is 44.0 Å². The average molecular weight is 293 g/mol. The van der Waals surface area contributed by atoms with Gasteiger partial charge in [-0.2, -0.15) is 11.8 Å². The minimum Gasteiger partial charge on any atom is -0.319 e. The van der Waals surface area contributed by atoms with E-state index >= 15 is 0 Å². The largest absolute Gasteiger partial charge is 0.322 e. The van der Waals surface area contributed by atoms with E-state index in [1.165, 1.54) is 0 Å². The van der Waals surface area contributed by atoms with E-state index in [2.05, 4.69) is 24.3 Å². The van der Waals surface area contributed by atoms with Crippen LogP contribution in [0.5, 0.6) is 0 Å². The number of likely N-dealkylation sites (N-methyl/N-ethyl adjacent to an activating group) is 1. The Balaban J connectivity index is 2.03. The minimum atomic E-state index is 0.0190. The highest BCUT2D eigenvalue weighted by Crippen LogP contribution is 2.18. The van der Waals surface area contributed by atoms with Crippen LogP contribution >= 0.6 is 11.8 Å². The maximum absolute atomic E-state index is 12.5. The van der Waals surface area contributed by atoms with Crippen molar-refractivity contribution in [2.45, 2.75) is 12.5 Å². The number of nitrogens with zero attached hydrogens (tertiary/aromatic N) is 2. The van der Waals surface area contributed by atoms with E-state index in [9.17, 15) is 4.79 Å². The summed E-state index contributed by atoms with van der Waals surface area (Å²) in [7, 11) is 4.12. The highest BCUT2D eigenvalue weighted by Gasteiger charge is 2.26. The van der Waals surface area contributed by atoms with Gasteiger partial charge >= 0.3 is 6.03 Å². The molecule has 1 aliphatic rings. The second-order valence-electron chi connectivity index (χ2n) is 5.33. The number of hydrogen-bond donors (Lipinski definition) is 1. The maximum atomic E-state index is 12.5. The summed E-state index contributed by atoms with van der Waals surface area (Å²) in [5, 5.41) is 3.00. The summed E-state index contributed by atoms with van der Waals surface area (Å²) in [4.78, 5) is 16.6. The van der Waals surface area contributed by atoms with Crippen LogP contribution in [0.4, 0.5) is 10.5 Å². The van der Waals surface area contributed by atoms with Gasteiger partial charge in [0, 0.05) is 24.5 Å². The first kappa shape index (κ1) is 15.2. The van der Waals surface area contributed by atoms with Gasteiger partial charge in [0.25, 0.3) is 0 Å². The molecule has 1 aromatic rings. The van der Waals surface area contributed by atoms with Gasteiger partial charge in [0.1, 0.15) is 0 Å². The molecule has 1 fully saturated rings. The maximum Gasteiger partial charge on any atom is 0.322 e. The van der Waals surface area contributed by atoms with E-state index in [1.54, 1.807) is 0 Å². The second-order valence-corrected chi connectivity index (χ2v) is 6.48. The molecule has 1 N–H and O–H groups in total. The monoisotopic (exact) mass is 293 g/mol. The van der Waals surface area contributed by atoms with E-state index in [-0.39, 0.29) is 12.1 Å². The minimum absolute atomic E-state index is 0.0190. The van der Waals surface area contributed by atoms with Crippen molar-refractivity contribution in [3.05, 3.63) is 30.3 Å². The van der Waals surface area contributed by atoms with Crippen LogP contribution in [0, 0.1) is 0 Å². The van der Waals surface area contributed by atoms with E-state index in [0.717, 1.165) is 36.7 Å². The van der Waals surface area contributed by atoms with Gasteiger partial charge in [-0.05, 0) is 38.4 Å². The SMILES string of the molecule is CN(C)C[C@@H]1CSCCCN1C(=O)Nc1ccccc1. The Hall–Kier alpha value is -1.20. The van der Waals surface area contributed by atoms with Gasteiger partial charge in [-0.15, -0.1) is 0 Å². The molecule has 5 heteroatoms. The number of carbonyl (C=O) groups excluding carboxylic acids is 1. The van der Waals surface area contributed by atoms with Crippen molar-refractivity contribution in [1.82, 2.24) is 9.80 Å². The molecule has 1 heterocycles. The molecule has 20 heavy (non-hydrogen) atoms. The predicted molar refractivity (Wildman–Crippen MR) is 86.5 cm³/mol. The predicted octanol–water partition coefficient (Wildman–Crippen LogP) is 2.59. The normalized spacial score (nSPS) is 19.8. The van der Waals surface area contributed by atoms with Crippen molar-refractivity contribution in [3.63, 3.8) is 0 Å². The summed E-state index contributed by atoms with van der Waals surface area (Å²) < 4.78 is 0. The Morgan fingerprint density at radius 1 is 1.40 bits per heavy atom. The molecule has 0 spiro atoms. The van der Waals surface area contributed by atoms with Crippen LogP contribution in [0.25, 0.3) is 0 Å². The van der Waals surface area contributed by atoms with Gasteiger partial charge in [-0.3, -0.25) is 0 Å². The number of rotatable bonds is 3. The summed E-state index contributed by atoms with van der Waals surface area (Å²) in [5.41, 5.74) is 0.859. The molecule has 1 aliphatic heterocycles. The Bertz CT molecular complexity index is 424. The average Bonchev–Trinajstić information content (AvgIpc) is 2.64. The zero-order valence-electron chi connectivity index (χ0n) is 12.2. The van der Waals surface area contributed by atoms with Gasteiger partial charge in [0.2, 0.25) is 0 Å². The lowest BCUT2D eigenvalue weighted by Crippen LogP contribution is -2.48. The van der Waals surface area contributed by atoms with Crippen LogP contribution in [0.3, 0.4) is 0 Å². The topological polar surface area (TPSA) is 35.6 Å². The summed E-state index contributed by atoms with van der Waals surface area (Å²) in [5.74, 6) is 2.15. The summed E-state index contributed by atoms with van der Waals surface area (Å²) in [6.07, 6.45) is 1.07. The molecule has 0 unspecified atom stereocenters. The number of carbonyl (C=O) groups is 1. The number of hydrogen-bond acceptors (Lipinski definition) is 3. The zero-order chi connectivity index (χ0) is 14.4. The molecule has 0 radical (unpaired) electrons. The fourth-order valence-electron chi connectivity index (χ4n) is 2.39.